The van der Waals surface area contributed by atoms with Gasteiger partial charge in [0.1, 0.15) is 0 Å². The second kappa shape index (κ2) is 4.57. The first-order valence-corrected chi connectivity index (χ1v) is 9.46. The molecule has 5 rings (SSSR count). The maximum absolute atomic E-state index is 13.4. The lowest BCUT2D eigenvalue weighted by Crippen LogP contribution is -2.29. The smallest absolute Gasteiger partial charge is 0.275 e. The summed E-state index contributed by atoms with van der Waals surface area (Å²) in [5.41, 5.74) is 6.43. The van der Waals surface area contributed by atoms with Crippen molar-refractivity contribution in [3.63, 3.8) is 0 Å². The quantitative estimate of drug-likeness (QED) is 0.759. The van der Waals surface area contributed by atoms with Gasteiger partial charge in [-0.1, -0.05) is 45.1 Å². The van der Waals surface area contributed by atoms with E-state index in [0.29, 0.717) is 5.92 Å². The molecule has 3 aliphatic rings. The molecule has 0 radical (unpaired) electrons. The van der Waals surface area contributed by atoms with Crippen LogP contribution in [0, 0.1) is 0 Å². The van der Waals surface area contributed by atoms with Gasteiger partial charge in [0.05, 0.1) is 5.69 Å². The molecule has 2 atom stereocenters. The number of aromatic nitrogens is 2. The fourth-order valence-corrected chi connectivity index (χ4v) is 5.88. The minimum absolute atomic E-state index is 0.0394. The predicted octanol–water partition coefficient (Wildman–Crippen LogP) is 4.41. The largest absolute Gasteiger partial charge is 0.284 e. The van der Waals surface area contributed by atoms with Gasteiger partial charge < -0.3 is 0 Å². The Morgan fingerprint density at radius 1 is 1.20 bits per heavy atom. The van der Waals surface area contributed by atoms with Crippen LogP contribution < -0.4 is 5.56 Å². The lowest BCUT2D eigenvalue weighted by Gasteiger charge is -2.32. The fraction of sp³-hybridized carbons (Fsp3) is 0.500. The van der Waals surface area contributed by atoms with Crippen molar-refractivity contribution >= 4 is 6.08 Å². The van der Waals surface area contributed by atoms with Crippen LogP contribution in [0.5, 0.6) is 0 Å². The summed E-state index contributed by atoms with van der Waals surface area (Å²) in [6, 6.07) is 6.38. The monoisotopic (exact) mass is 334 g/mol. The first kappa shape index (κ1) is 15.2. The van der Waals surface area contributed by atoms with Crippen molar-refractivity contribution in [1.29, 1.82) is 0 Å². The van der Waals surface area contributed by atoms with E-state index < -0.39 is 0 Å². The molecular formula is C22H26N2O. The van der Waals surface area contributed by atoms with E-state index in [1.165, 1.54) is 29.7 Å². The third-order valence-corrected chi connectivity index (χ3v) is 6.93. The minimum atomic E-state index is 0.0394. The lowest BCUT2D eigenvalue weighted by molar-refractivity contribution is 0.444. The predicted molar refractivity (Wildman–Crippen MR) is 102 cm³/mol. The van der Waals surface area contributed by atoms with Crippen molar-refractivity contribution in [2.45, 2.75) is 63.2 Å². The molecule has 0 N–H and O–H groups in total. The third kappa shape index (κ3) is 1.79. The van der Waals surface area contributed by atoms with Gasteiger partial charge in [-0.3, -0.25) is 9.48 Å². The second-order valence-electron chi connectivity index (χ2n) is 9.13. The number of fused-ring (bicyclic) bond motifs is 6. The van der Waals surface area contributed by atoms with Gasteiger partial charge in [-0.25, -0.2) is 4.68 Å². The Morgan fingerprint density at radius 2 is 2.00 bits per heavy atom. The highest BCUT2D eigenvalue weighted by molar-refractivity contribution is 5.65. The van der Waals surface area contributed by atoms with Crippen LogP contribution in [0.4, 0.5) is 0 Å². The summed E-state index contributed by atoms with van der Waals surface area (Å²) in [5, 5.41) is 0. The van der Waals surface area contributed by atoms with E-state index in [4.69, 9.17) is 0 Å². The van der Waals surface area contributed by atoms with Crippen LogP contribution in [-0.2, 0) is 17.9 Å². The van der Waals surface area contributed by atoms with Gasteiger partial charge >= 0.3 is 0 Å². The van der Waals surface area contributed by atoms with E-state index in [2.05, 4.69) is 62.9 Å². The molecule has 2 aromatic rings. The van der Waals surface area contributed by atoms with Crippen molar-refractivity contribution in [2.75, 3.05) is 0 Å². The van der Waals surface area contributed by atoms with Crippen LogP contribution in [0.1, 0.15) is 74.8 Å². The van der Waals surface area contributed by atoms with Crippen LogP contribution in [0.15, 0.2) is 29.1 Å². The van der Waals surface area contributed by atoms with Gasteiger partial charge in [-0.2, -0.15) is 0 Å². The summed E-state index contributed by atoms with van der Waals surface area (Å²) in [7, 11) is 2.08. The normalized spacial score (nSPS) is 28.2. The molecule has 0 amide bonds. The Labute approximate surface area is 149 Å². The highest BCUT2D eigenvalue weighted by Crippen LogP contribution is 2.56. The molecule has 130 valence electrons. The van der Waals surface area contributed by atoms with Gasteiger partial charge in [0.25, 0.3) is 5.56 Å². The van der Waals surface area contributed by atoms with E-state index in [1.54, 1.807) is 0 Å². The summed E-state index contributed by atoms with van der Waals surface area (Å²) < 4.78 is 4.13. The number of rotatable bonds is 1. The Hall–Kier alpha value is -2.03. The van der Waals surface area contributed by atoms with E-state index in [1.807, 2.05) is 4.68 Å². The Balaban J connectivity index is 1.83. The molecule has 2 bridgehead atoms. The summed E-state index contributed by atoms with van der Waals surface area (Å²) in [6.45, 7) is 6.91. The topological polar surface area (TPSA) is 26.9 Å². The zero-order valence-electron chi connectivity index (χ0n) is 15.6. The maximum atomic E-state index is 13.4. The molecule has 0 aliphatic heterocycles. The van der Waals surface area contributed by atoms with Crippen LogP contribution in [-0.4, -0.2) is 9.36 Å². The molecule has 0 unspecified atom stereocenters. The van der Waals surface area contributed by atoms with Crippen LogP contribution in [0.3, 0.4) is 0 Å². The first-order valence-electron chi connectivity index (χ1n) is 9.46. The number of benzene rings is 1. The average molecular weight is 334 g/mol. The maximum Gasteiger partial charge on any atom is 0.275 e. The molecule has 1 fully saturated rings. The fourth-order valence-electron chi connectivity index (χ4n) is 5.88. The first-order chi connectivity index (χ1) is 11.8. The van der Waals surface area contributed by atoms with Crippen LogP contribution >= 0.6 is 0 Å². The molecule has 1 saturated carbocycles. The van der Waals surface area contributed by atoms with Gasteiger partial charge in [0, 0.05) is 23.7 Å². The highest BCUT2D eigenvalue weighted by atomic mass is 16.1. The third-order valence-electron chi connectivity index (χ3n) is 6.93. The molecule has 3 nitrogen and oxygen atoms in total. The Bertz CT molecular complexity index is 988. The number of nitrogens with zero attached hydrogens (tertiary/aromatic N) is 2. The van der Waals surface area contributed by atoms with Crippen molar-refractivity contribution in [3.05, 3.63) is 57.0 Å². The molecule has 25 heavy (non-hydrogen) atoms. The van der Waals surface area contributed by atoms with E-state index in [-0.39, 0.29) is 16.4 Å². The summed E-state index contributed by atoms with van der Waals surface area (Å²) in [6.07, 6.45) is 9.00. The SMILES string of the molecule is Cn1c2c(c(=O)n1-c1cccc3c1C(C)(C)CC=C3)[C@H]1CC[C@]2(C)C1. The molecule has 0 saturated heterocycles. The van der Waals surface area contributed by atoms with Gasteiger partial charge in [0.15, 0.2) is 0 Å². The molecule has 1 heterocycles. The van der Waals surface area contributed by atoms with Crippen molar-refractivity contribution < 1.29 is 0 Å². The zero-order chi connectivity index (χ0) is 17.6. The molecule has 0 spiro atoms. The molecule has 1 aromatic carbocycles. The van der Waals surface area contributed by atoms with Gasteiger partial charge in [-0.05, 0) is 54.2 Å². The van der Waals surface area contributed by atoms with E-state index in [0.717, 1.165) is 24.1 Å². The van der Waals surface area contributed by atoms with E-state index >= 15 is 0 Å². The number of hydrogen-bond acceptors (Lipinski definition) is 1. The van der Waals surface area contributed by atoms with Crippen molar-refractivity contribution in [1.82, 2.24) is 9.36 Å². The van der Waals surface area contributed by atoms with Crippen molar-refractivity contribution in [2.24, 2.45) is 7.05 Å². The Kier molecular flexibility index (Phi) is 2.79. The molecular weight excluding hydrogens is 308 g/mol. The van der Waals surface area contributed by atoms with E-state index in [9.17, 15) is 4.79 Å². The average Bonchev–Trinajstić information content (AvgIpc) is 3.15. The summed E-state index contributed by atoms with van der Waals surface area (Å²) in [4.78, 5) is 13.4. The number of hydrogen-bond donors (Lipinski definition) is 0. The van der Waals surface area contributed by atoms with Crippen LogP contribution in [0.2, 0.25) is 0 Å². The minimum Gasteiger partial charge on any atom is -0.284 e. The molecule has 3 aliphatic carbocycles. The summed E-state index contributed by atoms with van der Waals surface area (Å²) >= 11 is 0. The Morgan fingerprint density at radius 3 is 2.76 bits per heavy atom. The zero-order valence-corrected chi connectivity index (χ0v) is 15.6. The summed E-state index contributed by atoms with van der Waals surface area (Å²) in [5.74, 6) is 0.465. The second-order valence-corrected chi connectivity index (χ2v) is 9.13. The van der Waals surface area contributed by atoms with Gasteiger partial charge in [0.2, 0.25) is 0 Å². The lowest BCUT2D eigenvalue weighted by atomic mass is 9.75. The van der Waals surface area contributed by atoms with Crippen LogP contribution in [0.25, 0.3) is 11.8 Å². The standard InChI is InChI=1S/C22H26N2O/c1-21(2)11-6-8-14-7-5-9-16(18(14)21)24-20(25)17-15-10-12-22(3,13-15)19(17)23(24)4/h5-9,15H,10-13H2,1-4H3/t15-,22+/m0/s1. The number of allylic oxidation sites excluding steroid dienone is 1. The highest BCUT2D eigenvalue weighted by Gasteiger charge is 2.50. The van der Waals surface area contributed by atoms with Crippen molar-refractivity contribution in [3.8, 4) is 5.69 Å². The molecule has 1 aromatic heterocycles. The van der Waals surface area contributed by atoms with Gasteiger partial charge in [-0.15, -0.1) is 0 Å². The molecule has 3 heteroatoms.